The molecule has 4 heterocycles. The molecule has 0 fully saturated rings. The number of hydrogen-bond donors (Lipinski definition) is 0. The smallest absolute Gasteiger partial charge is 0.166 e. The number of fused-ring (bicyclic) bond motifs is 6. The summed E-state index contributed by atoms with van der Waals surface area (Å²) in [4.78, 5) is 15.8. The van der Waals surface area contributed by atoms with Gasteiger partial charge in [0.15, 0.2) is 5.82 Å². The van der Waals surface area contributed by atoms with Crippen LogP contribution in [0.3, 0.4) is 0 Å². The predicted molar refractivity (Wildman–Crippen MR) is 230 cm³/mol. The standard InChI is InChI=1S/C51H33N5/c1-4-16-34(17-5-1)48-49(35-18-6-2-7-19-35)54-51(50(53-48)43-24-14-15-31-52-43)56-45-26-13-11-23-40(45)42-33-37(28-30-47(42)56)36-27-29-46-41(32-36)39-22-10-12-25-44(39)55(46)38-20-8-3-9-21-38/h1-33H. The Morgan fingerprint density at radius 2 is 0.804 bits per heavy atom. The average Bonchev–Trinajstić information content (AvgIpc) is 3.79. The van der Waals surface area contributed by atoms with E-state index in [0.29, 0.717) is 0 Å². The highest BCUT2D eigenvalue weighted by Gasteiger charge is 2.23. The first kappa shape index (κ1) is 31.9. The Morgan fingerprint density at radius 1 is 0.321 bits per heavy atom. The third kappa shape index (κ3) is 5.13. The molecule has 11 rings (SSSR count). The van der Waals surface area contributed by atoms with Crippen molar-refractivity contribution in [1.29, 1.82) is 0 Å². The van der Waals surface area contributed by atoms with Gasteiger partial charge in [0.1, 0.15) is 5.69 Å². The lowest BCUT2D eigenvalue weighted by molar-refractivity contribution is 1.05. The fraction of sp³-hybridized carbons (Fsp3) is 0. The maximum absolute atomic E-state index is 5.57. The number of para-hydroxylation sites is 3. The van der Waals surface area contributed by atoms with Crippen molar-refractivity contribution in [3.8, 4) is 56.5 Å². The molecule has 0 atom stereocenters. The minimum absolute atomic E-state index is 0.719. The Hall–Kier alpha value is -7.63. The summed E-state index contributed by atoms with van der Waals surface area (Å²) in [5.41, 5.74) is 13.1. The van der Waals surface area contributed by atoms with E-state index < -0.39 is 0 Å². The van der Waals surface area contributed by atoms with E-state index >= 15 is 0 Å². The number of benzene rings is 7. The lowest BCUT2D eigenvalue weighted by atomic mass is 10.0. The van der Waals surface area contributed by atoms with E-state index in [-0.39, 0.29) is 0 Å². The molecule has 0 radical (unpaired) electrons. The summed E-state index contributed by atoms with van der Waals surface area (Å²) in [7, 11) is 0. The van der Waals surface area contributed by atoms with Crippen LogP contribution in [0.2, 0.25) is 0 Å². The lowest BCUT2D eigenvalue weighted by Crippen LogP contribution is -2.07. The van der Waals surface area contributed by atoms with Gasteiger partial charge in [-0.1, -0.05) is 133 Å². The summed E-state index contributed by atoms with van der Waals surface area (Å²) in [5, 5.41) is 4.76. The zero-order valence-corrected chi connectivity index (χ0v) is 30.3. The molecule has 0 aliphatic rings. The fourth-order valence-electron chi connectivity index (χ4n) is 8.24. The molecule has 11 aromatic rings. The lowest BCUT2D eigenvalue weighted by Gasteiger charge is -2.17. The van der Waals surface area contributed by atoms with Crippen LogP contribution in [0.1, 0.15) is 0 Å². The molecule has 0 spiro atoms. The van der Waals surface area contributed by atoms with E-state index in [1.807, 2.05) is 48.7 Å². The van der Waals surface area contributed by atoms with Crippen LogP contribution >= 0.6 is 0 Å². The van der Waals surface area contributed by atoms with E-state index in [1.54, 1.807) is 0 Å². The van der Waals surface area contributed by atoms with Gasteiger partial charge < -0.3 is 4.57 Å². The molecule has 0 aliphatic carbocycles. The highest BCUT2D eigenvalue weighted by Crippen LogP contribution is 2.41. The molecule has 5 nitrogen and oxygen atoms in total. The topological polar surface area (TPSA) is 48.5 Å². The summed E-state index contributed by atoms with van der Waals surface area (Å²) in [6, 6.07) is 68.2. The number of aromatic nitrogens is 5. The van der Waals surface area contributed by atoms with Gasteiger partial charge in [0.25, 0.3) is 0 Å². The second-order valence-corrected chi connectivity index (χ2v) is 14.0. The number of rotatable bonds is 6. The number of nitrogens with zero attached hydrogens (tertiary/aromatic N) is 5. The normalized spacial score (nSPS) is 11.6. The zero-order valence-electron chi connectivity index (χ0n) is 30.3. The third-order valence-electron chi connectivity index (χ3n) is 10.8. The molecule has 0 amide bonds. The van der Waals surface area contributed by atoms with Crippen LogP contribution in [-0.4, -0.2) is 24.1 Å². The van der Waals surface area contributed by atoms with Gasteiger partial charge in [-0.25, -0.2) is 9.97 Å². The van der Waals surface area contributed by atoms with Crippen molar-refractivity contribution >= 4 is 43.6 Å². The van der Waals surface area contributed by atoms with Crippen LogP contribution < -0.4 is 0 Å². The van der Waals surface area contributed by atoms with Gasteiger partial charge >= 0.3 is 0 Å². The molecular formula is C51H33N5. The average molecular weight is 716 g/mol. The van der Waals surface area contributed by atoms with Crippen molar-refractivity contribution in [2.75, 3.05) is 0 Å². The van der Waals surface area contributed by atoms with Crippen molar-refractivity contribution in [2.45, 2.75) is 0 Å². The molecule has 4 aromatic heterocycles. The molecule has 5 heteroatoms. The van der Waals surface area contributed by atoms with Gasteiger partial charge in [0.05, 0.1) is 39.1 Å². The van der Waals surface area contributed by atoms with E-state index in [0.717, 1.165) is 72.8 Å². The summed E-state index contributed by atoms with van der Waals surface area (Å²) in [5.74, 6) is 0.733. The second kappa shape index (κ2) is 13.0. The minimum atomic E-state index is 0.719. The molecule has 0 N–H and O–H groups in total. The second-order valence-electron chi connectivity index (χ2n) is 14.0. The van der Waals surface area contributed by atoms with Crippen LogP contribution in [-0.2, 0) is 0 Å². The Labute approximate surface area is 323 Å². The first-order chi connectivity index (χ1) is 27.8. The Balaban J connectivity index is 1.15. The zero-order chi connectivity index (χ0) is 37.0. The molecule has 0 unspecified atom stereocenters. The van der Waals surface area contributed by atoms with Gasteiger partial charge in [0.2, 0.25) is 0 Å². The maximum Gasteiger partial charge on any atom is 0.166 e. The van der Waals surface area contributed by atoms with Crippen molar-refractivity contribution in [1.82, 2.24) is 24.1 Å². The van der Waals surface area contributed by atoms with Crippen molar-refractivity contribution < 1.29 is 0 Å². The van der Waals surface area contributed by atoms with Crippen LogP contribution in [0.4, 0.5) is 0 Å². The minimum Gasteiger partial charge on any atom is -0.309 e. The molecule has 0 saturated carbocycles. The molecule has 56 heavy (non-hydrogen) atoms. The molecule has 7 aromatic carbocycles. The van der Waals surface area contributed by atoms with Crippen molar-refractivity contribution in [2.24, 2.45) is 0 Å². The Morgan fingerprint density at radius 3 is 1.39 bits per heavy atom. The van der Waals surface area contributed by atoms with E-state index in [9.17, 15) is 0 Å². The third-order valence-corrected chi connectivity index (χ3v) is 10.8. The predicted octanol–water partition coefficient (Wildman–Crippen LogP) is 12.7. The van der Waals surface area contributed by atoms with E-state index in [1.165, 1.54) is 27.4 Å². The van der Waals surface area contributed by atoms with E-state index in [4.69, 9.17) is 15.0 Å². The molecule has 0 saturated heterocycles. The van der Waals surface area contributed by atoms with Gasteiger partial charge in [-0.3, -0.25) is 9.55 Å². The van der Waals surface area contributed by atoms with Gasteiger partial charge in [-0.15, -0.1) is 0 Å². The monoisotopic (exact) mass is 715 g/mol. The fourth-order valence-corrected chi connectivity index (χ4v) is 8.24. The molecule has 0 aliphatic heterocycles. The SMILES string of the molecule is c1ccc(-c2nc(-c3ccccn3)c(-n3c4ccccc4c4cc(-c5ccc6c(c5)c5ccccc5n6-c5ccccc5)ccc43)nc2-c2ccccc2)cc1. The first-order valence-electron chi connectivity index (χ1n) is 18.9. The quantitative estimate of drug-likeness (QED) is 0.172. The summed E-state index contributed by atoms with van der Waals surface area (Å²) in [6.45, 7) is 0. The first-order valence-corrected chi connectivity index (χ1v) is 18.9. The van der Waals surface area contributed by atoms with Gasteiger partial charge in [-0.2, -0.15) is 0 Å². The van der Waals surface area contributed by atoms with Crippen LogP contribution in [0, 0.1) is 0 Å². The summed E-state index contributed by atoms with van der Waals surface area (Å²) < 4.78 is 4.63. The molecular weight excluding hydrogens is 683 g/mol. The summed E-state index contributed by atoms with van der Waals surface area (Å²) in [6.07, 6.45) is 1.82. The van der Waals surface area contributed by atoms with Crippen LogP contribution in [0.15, 0.2) is 200 Å². The molecule has 262 valence electrons. The Kier molecular flexibility index (Phi) is 7.42. The largest absolute Gasteiger partial charge is 0.309 e. The highest BCUT2D eigenvalue weighted by molar-refractivity contribution is 6.13. The van der Waals surface area contributed by atoms with Crippen LogP contribution in [0.5, 0.6) is 0 Å². The number of pyridine rings is 1. The van der Waals surface area contributed by atoms with E-state index in [2.05, 4.69) is 161 Å². The van der Waals surface area contributed by atoms with Crippen molar-refractivity contribution in [3.63, 3.8) is 0 Å². The molecule has 0 bridgehead atoms. The van der Waals surface area contributed by atoms with Crippen LogP contribution in [0.25, 0.3) is 100 Å². The van der Waals surface area contributed by atoms with Gasteiger partial charge in [-0.05, 0) is 71.8 Å². The highest BCUT2D eigenvalue weighted by atomic mass is 15.1. The summed E-state index contributed by atoms with van der Waals surface area (Å²) >= 11 is 0. The maximum atomic E-state index is 5.57. The van der Waals surface area contributed by atoms with Gasteiger partial charge in [0, 0.05) is 44.6 Å². The Bertz CT molecular complexity index is 3220. The van der Waals surface area contributed by atoms with Crippen molar-refractivity contribution in [3.05, 3.63) is 200 Å². The number of hydrogen-bond acceptors (Lipinski definition) is 3.